The van der Waals surface area contributed by atoms with Gasteiger partial charge in [0.15, 0.2) is 5.17 Å². The van der Waals surface area contributed by atoms with Crippen LogP contribution in [0.2, 0.25) is 0 Å². The number of methoxy groups -OCH3 is 1. The van der Waals surface area contributed by atoms with Gasteiger partial charge in [-0.3, -0.25) is 9.59 Å². The lowest BCUT2D eigenvalue weighted by molar-refractivity contribution is -0.121. The van der Waals surface area contributed by atoms with Crippen LogP contribution >= 0.6 is 11.8 Å². The van der Waals surface area contributed by atoms with Gasteiger partial charge in [0, 0.05) is 24.1 Å². The van der Waals surface area contributed by atoms with Gasteiger partial charge in [-0.1, -0.05) is 30.0 Å². The highest BCUT2D eigenvalue weighted by atomic mass is 32.2. The van der Waals surface area contributed by atoms with Gasteiger partial charge in [-0.25, -0.2) is 13.8 Å². The van der Waals surface area contributed by atoms with E-state index in [0.29, 0.717) is 34.3 Å². The van der Waals surface area contributed by atoms with Gasteiger partial charge < -0.3 is 10.1 Å². The SMILES string of the molecule is COc1ccc(C2=NN(C3=NC(=O)[C@H](CC(=O)Nc4ccc(F)cc4)S3)[C@H](c3ccccc3F)C2)cc1. The molecule has 0 unspecified atom stereocenters. The molecule has 0 spiro atoms. The number of hydrogen-bond acceptors (Lipinski definition) is 6. The molecule has 0 saturated carbocycles. The molecule has 0 aliphatic carbocycles. The summed E-state index contributed by atoms with van der Waals surface area (Å²) in [5.41, 5.74) is 2.41. The van der Waals surface area contributed by atoms with Crippen molar-refractivity contribution in [1.82, 2.24) is 5.01 Å². The number of hydrogen-bond donors (Lipinski definition) is 1. The van der Waals surface area contributed by atoms with Crippen LogP contribution in [0.4, 0.5) is 14.5 Å². The minimum Gasteiger partial charge on any atom is -0.497 e. The molecule has 2 amide bonds. The Morgan fingerprint density at radius 1 is 1.08 bits per heavy atom. The van der Waals surface area contributed by atoms with Gasteiger partial charge in [0.2, 0.25) is 5.91 Å². The second kappa shape index (κ2) is 10.5. The van der Waals surface area contributed by atoms with Crippen LogP contribution in [0, 0.1) is 11.6 Å². The van der Waals surface area contributed by atoms with E-state index in [0.717, 1.165) is 17.3 Å². The van der Waals surface area contributed by atoms with Crippen molar-refractivity contribution < 1.29 is 23.1 Å². The van der Waals surface area contributed by atoms with Crippen LogP contribution in [0.15, 0.2) is 82.9 Å². The highest BCUT2D eigenvalue weighted by molar-refractivity contribution is 8.15. The maximum atomic E-state index is 14.8. The van der Waals surface area contributed by atoms with Crippen molar-refractivity contribution in [3.05, 3.63) is 95.6 Å². The molecule has 3 aromatic carbocycles. The molecule has 2 aliphatic heterocycles. The van der Waals surface area contributed by atoms with Crippen molar-refractivity contribution in [2.45, 2.75) is 24.1 Å². The van der Waals surface area contributed by atoms with Crippen molar-refractivity contribution in [2.75, 3.05) is 12.4 Å². The van der Waals surface area contributed by atoms with Gasteiger partial charge in [-0.2, -0.15) is 10.1 Å². The summed E-state index contributed by atoms with van der Waals surface area (Å²) in [5, 5.41) is 8.50. The van der Waals surface area contributed by atoms with Crippen molar-refractivity contribution in [1.29, 1.82) is 0 Å². The monoisotopic (exact) mass is 520 g/mol. The Balaban J connectivity index is 1.36. The van der Waals surface area contributed by atoms with Crippen LogP contribution in [-0.4, -0.2) is 40.1 Å². The molecule has 37 heavy (non-hydrogen) atoms. The number of rotatable bonds is 6. The lowest BCUT2D eigenvalue weighted by Gasteiger charge is -2.23. The summed E-state index contributed by atoms with van der Waals surface area (Å²) < 4.78 is 33.2. The first-order valence-corrected chi connectivity index (χ1v) is 12.4. The Bertz CT molecular complexity index is 1390. The normalized spacial score (nSPS) is 19.0. The molecule has 3 aromatic rings. The minimum atomic E-state index is -0.753. The summed E-state index contributed by atoms with van der Waals surface area (Å²) in [7, 11) is 1.58. The van der Waals surface area contributed by atoms with Gasteiger partial charge in [0.1, 0.15) is 22.6 Å². The topological polar surface area (TPSA) is 83.4 Å². The van der Waals surface area contributed by atoms with E-state index in [-0.39, 0.29) is 12.2 Å². The number of thioether (sulfide) groups is 1. The summed E-state index contributed by atoms with van der Waals surface area (Å²) in [6.45, 7) is 0. The van der Waals surface area contributed by atoms with E-state index in [1.54, 1.807) is 30.3 Å². The molecule has 1 N–H and O–H groups in total. The summed E-state index contributed by atoms with van der Waals surface area (Å²) in [4.78, 5) is 29.4. The Hall–Kier alpha value is -4.05. The lowest BCUT2D eigenvalue weighted by atomic mass is 9.98. The van der Waals surface area contributed by atoms with E-state index >= 15 is 0 Å². The molecule has 2 heterocycles. The van der Waals surface area contributed by atoms with Crippen molar-refractivity contribution in [3.8, 4) is 5.75 Å². The zero-order valence-electron chi connectivity index (χ0n) is 19.7. The molecular weight excluding hydrogens is 498 g/mol. The molecule has 7 nitrogen and oxygen atoms in total. The number of anilines is 1. The number of halogens is 2. The number of amidine groups is 1. The molecule has 0 saturated heterocycles. The predicted molar refractivity (Wildman–Crippen MR) is 139 cm³/mol. The number of amides is 2. The average Bonchev–Trinajstić information content (AvgIpc) is 3.49. The number of hydrazone groups is 1. The third-order valence-corrected chi connectivity index (χ3v) is 7.16. The Kier molecular flexibility index (Phi) is 7.00. The van der Waals surface area contributed by atoms with E-state index in [4.69, 9.17) is 9.84 Å². The molecular formula is C27H22F2N4O3S. The molecule has 10 heteroatoms. The van der Waals surface area contributed by atoms with Crippen LogP contribution in [0.1, 0.15) is 30.0 Å². The first-order chi connectivity index (χ1) is 17.9. The summed E-state index contributed by atoms with van der Waals surface area (Å²) in [6.07, 6.45) is 0.276. The summed E-state index contributed by atoms with van der Waals surface area (Å²) in [6, 6.07) is 18.7. The standard InChI is InChI=1S/C27H22F2N4O3S/c1-36-19-12-6-16(7-13-19)22-14-23(20-4-2-3-5-21(20)29)33(32-22)27-31-26(35)24(37-27)15-25(34)30-18-10-8-17(28)9-11-18/h2-13,23-24H,14-15H2,1H3,(H,30,34)/t23-,24-/m0/s1. The quantitative estimate of drug-likeness (QED) is 0.486. The second-order valence-corrected chi connectivity index (χ2v) is 9.63. The van der Waals surface area contributed by atoms with E-state index in [1.165, 1.54) is 30.3 Å². The zero-order valence-corrected chi connectivity index (χ0v) is 20.5. The average molecular weight is 521 g/mol. The number of carbonyl (C=O) groups excluding carboxylic acids is 2. The Morgan fingerprint density at radius 2 is 1.81 bits per heavy atom. The van der Waals surface area contributed by atoms with Crippen LogP contribution in [-0.2, 0) is 9.59 Å². The highest BCUT2D eigenvalue weighted by Gasteiger charge is 2.39. The Labute approximate surface area is 216 Å². The molecule has 0 bridgehead atoms. The third kappa shape index (κ3) is 5.39. The molecule has 0 fully saturated rings. The van der Waals surface area contributed by atoms with Crippen molar-refractivity contribution >= 4 is 40.1 Å². The number of aliphatic imine (C=N–C) groups is 1. The first kappa shape index (κ1) is 24.6. The highest BCUT2D eigenvalue weighted by Crippen LogP contribution is 2.39. The Morgan fingerprint density at radius 3 is 2.51 bits per heavy atom. The minimum absolute atomic E-state index is 0.124. The largest absolute Gasteiger partial charge is 0.497 e. The maximum absolute atomic E-state index is 14.8. The van der Waals surface area contributed by atoms with Gasteiger partial charge >= 0.3 is 0 Å². The molecule has 0 aromatic heterocycles. The third-order valence-electron chi connectivity index (χ3n) is 6.02. The molecule has 2 atom stereocenters. The first-order valence-electron chi connectivity index (χ1n) is 11.5. The van der Waals surface area contributed by atoms with E-state index < -0.39 is 28.9 Å². The number of nitrogens with one attached hydrogen (secondary N) is 1. The summed E-state index contributed by atoms with van der Waals surface area (Å²) in [5.74, 6) is -0.957. The number of ether oxygens (including phenoxy) is 1. The van der Waals surface area contributed by atoms with E-state index in [9.17, 15) is 18.4 Å². The van der Waals surface area contributed by atoms with Crippen LogP contribution < -0.4 is 10.1 Å². The molecule has 188 valence electrons. The fourth-order valence-electron chi connectivity index (χ4n) is 4.15. The maximum Gasteiger partial charge on any atom is 0.262 e. The predicted octanol–water partition coefficient (Wildman–Crippen LogP) is 5.15. The lowest BCUT2D eigenvalue weighted by Crippen LogP contribution is -2.25. The number of benzene rings is 3. The number of carbonyl (C=O) groups is 2. The van der Waals surface area contributed by atoms with Gasteiger partial charge in [-0.05, 0) is 60.2 Å². The molecule has 2 aliphatic rings. The zero-order chi connectivity index (χ0) is 25.9. The van der Waals surface area contributed by atoms with Crippen molar-refractivity contribution in [3.63, 3.8) is 0 Å². The van der Waals surface area contributed by atoms with Crippen LogP contribution in [0.5, 0.6) is 5.75 Å². The van der Waals surface area contributed by atoms with E-state index in [2.05, 4.69) is 10.3 Å². The van der Waals surface area contributed by atoms with Gasteiger partial charge in [0.25, 0.3) is 5.91 Å². The van der Waals surface area contributed by atoms with Crippen LogP contribution in [0.25, 0.3) is 0 Å². The van der Waals surface area contributed by atoms with E-state index in [1.807, 2.05) is 24.3 Å². The van der Waals surface area contributed by atoms with Gasteiger partial charge in [0.05, 0.1) is 18.9 Å². The van der Waals surface area contributed by atoms with Crippen LogP contribution in [0.3, 0.4) is 0 Å². The summed E-state index contributed by atoms with van der Waals surface area (Å²) >= 11 is 1.12. The van der Waals surface area contributed by atoms with Crippen molar-refractivity contribution in [2.24, 2.45) is 10.1 Å². The fraction of sp³-hybridized carbons (Fsp3) is 0.185. The van der Waals surface area contributed by atoms with Gasteiger partial charge in [-0.15, -0.1) is 0 Å². The molecule has 5 rings (SSSR count). The second-order valence-electron chi connectivity index (χ2n) is 8.46. The fourth-order valence-corrected chi connectivity index (χ4v) is 5.21. The molecule has 0 radical (unpaired) electrons. The number of nitrogens with zero attached hydrogens (tertiary/aromatic N) is 3. The smallest absolute Gasteiger partial charge is 0.262 e.